The number of likely N-dealkylation sites (tertiary alicyclic amines) is 1. The monoisotopic (exact) mass is 242 g/mol. The molecular formula is C12H22N2O3. The SMILES string of the molecule is CC1CCN(C(=O)N[C@@H](C(=O)O)C(C)(C)C)C1. The molecule has 5 heteroatoms. The number of nitrogens with one attached hydrogen (secondary N) is 1. The molecule has 1 aliphatic rings. The van der Waals surface area contributed by atoms with E-state index in [1.807, 2.05) is 0 Å². The van der Waals surface area contributed by atoms with Gasteiger partial charge in [-0.25, -0.2) is 9.59 Å². The zero-order valence-electron chi connectivity index (χ0n) is 11.0. The predicted molar refractivity (Wildman–Crippen MR) is 64.8 cm³/mol. The van der Waals surface area contributed by atoms with Crippen LogP contribution >= 0.6 is 0 Å². The van der Waals surface area contributed by atoms with Crippen molar-refractivity contribution in [3.8, 4) is 0 Å². The second-order valence-electron chi connectivity index (χ2n) is 5.93. The van der Waals surface area contributed by atoms with E-state index in [0.29, 0.717) is 19.0 Å². The Labute approximate surface area is 102 Å². The van der Waals surface area contributed by atoms with Gasteiger partial charge in [0.05, 0.1) is 0 Å². The third-order valence-electron chi connectivity index (χ3n) is 3.09. The van der Waals surface area contributed by atoms with E-state index in [2.05, 4.69) is 12.2 Å². The van der Waals surface area contributed by atoms with Gasteiger partial charge in [-0.2, -0.15) is 0 Å². The fourth-order valence-corrected chi connectivity index (χ4v) is 1.98. The Kier molecular flexibility index (Phi) is 4.01. The summed E-state index contributed by atoms with van der Waals surface area (Å²) >= 11 is 0. The lowest BCUT2D eigenvalue weighted by Gasteiger charge is -2.29. The summed E-state index contributed by atoms with van der Waals surface area (Å²) in [5.74, 6) is -0.489. The standard InChI is InChI=1S/C12H22N2O3/c1-8-5-6-14(7-8)11(17)13-9(10(15)16)12(2,3)4/h8-9H,5-7H2,1-4H3,(H,13,17)(H,15,16)/t8?,9-/m0/s1. The third-order valence-corrected chi connectivity index (χ3v) is 3.09. The molecule has 0 saturated carbocycles. The average molecular weight is 242 g/mol. The number of hydrogen-bond donors (Lipinski definition) is 2. The molecule has 2 amide bonds. The number of rotatable bonds is 2. The van der Waals surface area contributed by atoms with Crippen LogP contribution in [0.5, 0.6) is 0 Å². The summed E-state index contributed by atoms with van der Waals surface area (Å²) in [7, 11) is 0. The van der Waals surface area contributed by atoms with Crippen molar-refractivity contribution >= 4 is 12.0 Å². The van der Waals surface area contributed by atoms with Crippen LogP contribution in [0.25, 0.3) is 0 Å². The Hall–Kier alpha value is -1.26. The van der Waals surface area contributed by atoms with Crippen LogP contribution in [0.3, 0.4) is 0 Å². The highest BCUT2D eigenvalue weighted by atomic mass is 16.4. The van der Waals surface area contributed by atoms with Crippen molar-refractivity contribution in [2.45, 2.75) is 40.2 Å². The molecule has 2 N–H and O–H groups in total. The van der Waals surface area contributed by atoms with Crippen molar-refractivity contribution in [3.63, 3.8) is 0 Å². The highest BCUT2D eigenvalue weighted by molar-refractivity contribution is 5.83. The molecule has 1 fully saturated rings. The second kappa shape index (κ2) is 4.94. The Balaban J connectivity index is 2.62. The lowest BCUT2D eigenvalue weighted by Crippen LogP contribution is -2.52. The quantitative estimate of drug-likeness (QED) is 0.771. The summed E-state index contributed by atoms with van der Waals surface area (Å²) in [5, 5.41) is 11.7. The molecule has 0 radical (unpaired) electrons. The topological polar surface area (TPSA) is 69.6 Å². The normalized spacial score (nSPS) is 22.4. The summed E-state index contributed by atoms with van der Waals surface area (Å²) in [5.41, 5.74) is -0.493. The number of nitrogens with zero attached hydrogens (tertiary/aromatic N) is 1. The van der Waals surface area contributed by atoms with Gasteiger partial charge in [-0.1, -0.05) is 27.7 Å². The molecular weight excluding hydrogens is 220 g/mol. The molecule has 98 valence electrons. The molecule has 5 nitrogen and oxygen atoms in total. The fraction of sp³-hybridized carbons (Fsp3) is 0.833. The van der Waals surface area contributed by atoms with Crippen LogP contribution in [0.1, 0.15) is 34.1 Å². The Morgan fingerprint density at radius 1 is 1.41 bits per heavy atom. The molecule has 1 heterocycles. The van der Waals surface area contributed by atoms with Crippen LogP contribution in [0.2, 0.25) is 0 Å². The van der Waals surface area contributed by atoms with Gasteiger partial charge in [0.1, 0.15) is 6.04 Å². The van der Waals surface area contributed by atoms with Gasteiger partial charge in [0, 0.05) is 13.1 Å². The smallest absolute Gasteiger partial charge is 0.326 e. The van der Waals surface area contributed by atoms with E-state index >= 15 is 0 Å². The van der Waals surface area contributed by atoms with E-state index in [0.717, 1.165) is 6.42 Å². The summed E-state index contributed by atoms with van der Waals surface area (Å²) in [6.07, 6.45) is 0.987. The van der Waals surface area contributed by atoms with Gasteiger partial charge >= 0.3 is 12.0 Å². The first-order valence-electron chi connectivity index (χ1n) is 6.00. The summed E-state index contributed by atoms with van der Waals surface area (Å²) in [6, 6.07) is -1.12. The second-order valence-corrected chi connectivity index (χ2v) is 5.93. The van der Waals surface area contributed by atoms with Crippen molar-refractivity contribution in [1.82, 2.24) is 10.2 Å². The van der Waals surface area contributed by atoms with E-state index < -0.39 is 17.4 Å². The Bertz CT molecular complexity index is 309. The van der Waals surface area contributed by atoms with Gasteiger partial charge in [-0.15, -0.1) is 0 Å². The summed E-state index contributed by atoms with van der Waals surface area (Å²) in [6.45, 7) is 8.92. The molecule has 1 rings (SSSR count). The highest BCUT2D eigenvalue weighted by Gasteiger charge is 2.34. The number of urea groups is 1. The highest BCUT2D eigenvalue weighted by Crippen LogP contribution is 2.21. The first-order chi connectivity index (χ1) is 7.71. The molecule has 0 aromatic heterocycles. The van der Waals surface area contributed by atoms with Gasteiger partial charge in [-0.3, -0.25) is 0 Å². The zero-order valence-corrected chi connectivity index (χ0v) is 11.0. The van der Waals surface area contributed by atoms with Crippen LogP contribution in [-0.2, 0) is 4.79 Å². The van der Waals surface area contributed by atoms with E-state index in [4.69, 9.17) is 5.11 Å². The minimum Gasteiger partial charge on any atom is -0.480 e. The molecule has 0 aromatic rings. The molecule has 1 unspecified atom stereocenters. The number of carbonyl (C=O) groups is 2. The Morgan fingerprint density at radius 3 is 2.35 bits per heavy atom. The van der Waals surface area contributed by atoms with E-state index in [9.17, 15) is 9.59 Å². The maximum atomic E-state index is 11.9. The van der Waals surface area contributed by atoms with Gasteiger partial charge in [-0.05, 0) is 17.8 Å². The lowest BCUT2D eigenvalue weighted by molar-refractivity contribution is -0.142. The van der Waals surface area contributed by atoms with Gasteiger partial charge in [0.15, 0.2) is 0 Å². The fourth-order valence-electron chi connectivity index (χ4n) is 1.98. The number of carboxylic acid groups (broad SMARTS) is 1. The van der Waals surface area contributed by atoms with Crippen LogP contribution in [0, 0.1) is 11.3 Å². The van der Waals surface area contributed by atoms with Gasteiger partial charge in [0.2, 0.25) is 0 Å². The first-order valence-corrected chi connectivity index (χ1v) is 6.00. The van der Waals surface area contributed by atoms with E-state index in [-0.39, 0.29) is 6.03 Å². The van der Waals surface area contributed by atoms with E-state index in [1.54, 1.807) is 25.7 Å². The lowest BCUT2D eigenvalue weighted by atomic mass is 9.87. The van der Waals surface area contributed by atoms with Crippen LogP contribution < -0.4 is 5.32 Å². The van der Waals surface area contributed by atoms with Crippen LogP contribution in [0.4, 0.5) is 4.79 Å². The maximum absolute atomic E-state index is 11.9. The van der Waals surface area contributed by atoms with Gasteiger partial charge in [0.25, 0.3) is 0 Å². The molecule has 0 spiro atoms. The first kappa shape index (κ1) is 13.8. The number of carboxylic acids is 1. The van der Waals surface area contributed by atoms with Crippen molar-refractivity contribution in [3.05, 3.63) is 0 Å². The molecule has 1 saturated heterocycles. The van der Waals surface area contributed by atoms with E-state index in [1.165, 1.54) is 0 Å². The predicted octanol–water partition coefficient (Wildman–Crippen LogP) is 1.54. The van der Waals surface area contributed by atoms with Crippen molar-refractivity contribution in [2.75, 3.05) is 13.1 Å². The molecule has 0 aromatic carbocycles. The number of hydrogen-bond acceptors (Lipinski definition) is 2. The largest absolute Gasteiger partial charge is 0.480 e. The zero-order chi connectivity index (χ0) is 13.2. The Morgan fingerprint density at radius 2 is 2.00 bits per heavy atom. The van der Waals surface area contributed by atoms with Crippen molar-refractivity contribution < 1.29 is 14.7 Å². The minimum atomic E-state index is -0.988. The average Bonchev–Trinajstić information content (AvgIpc) is 2.58. The number of carbonyl (C=O) groups excluding carboxylic acids is 1. The minimum absolute atomic E-state index is 0.267. The summed E-state index contributed by atoms with van der Waals surface area (Å²) in [4.78, 5) is 24.7. The van der Waals surface area contributed by atoms with Gasteiger partial charge < -0.3 is 15.3 Å². The molecule has 1 aliphatic heterocycles. The van der Waals surface area contributed by atoms with Crippen LogP contribution in [-0.4, -0.2) is 41.1 Å². The number of amides is 2. The number of aliphatic carboxylic acids is 1. The third kappa shape index (κ3) is 3.61. The van der Waals surface area contributed by atoms with Crippen LogP contribution in [0.15, 0.2) is 0 Å². The summed E-state index contributed by atoms with van der Waals surface area (Å²) < 4.78 is 0. The maximum Gasteiger partial charge on any atom is 0.326 e. The molecule has 17 heavy (non-hydrogen) atoms. The molecule has 0 bridgehead atoms. The molecule has 2 atom stereocenters. The molecule has 0 aliphatic carbocycles. The van der Waals surface area contributed by atoms with Crippen molar-refractivity contribution in [2.24, 2.45) is 11.3 Å². The van der Waals surface area contributed by atoms with Crippen molar-refractivity contribution in [1.29, 1.82) is 0 Å².